The number of nitrogens with one attached hydrogen (secondary N) is 1. The minimum Gasteiger partial charge on any atom is -0.494 e. The molecule has 40 heavy (non-hydrogen) atoms. The molecule has 2 fully saturated rings. The van der Waals surface area contributed by atoms with Crippen LogP contribution in [0.4, 0.5) is 11.4 Å². The number of carbonyl (C=O) groups is 3. The van der Waals surface area contributed by atoms with Crippen LogP contribution in [0.15, 0.2) is 48.5 Å². The standard InChI is InChI=1S/C29H37N5O5S/c1-4-38-24-12-8-22(9-13-24)30-26(35)20-25-27(36)34(23-10-6-21(7-11-23)28(37)39-5-2)29(40)33(25)19-18-32-16-14-31(3)15-17-32/h6-13,25H,4-5,14-20H2,1-3H3,(H,30,35)/t25-/m1/s1. The summed E-state index contributed by atoms with van der Waals surface area (Å²) in [6.07, 6.45) is -0.0493. The molecule has 0 radical (unpaired) electrons. The van der Waals surface area contributed by atoms with Crippen LogP contribution in [0.25, 0.3) is 0 Å². The molecule has 0 spiro atoms. The van der Waals surface area contributed by atoms with Crippen molar-refractivity contribution in [3.05, 3.63) is 54.1 Å². The number of carbonyl (C=O) groups excluding carboxylic acids is 3. The lowest BCUT2D eigenvalue weighted by Gasteiger charge is -2.34. The average molecular weight is 568 g/mol. The molecule has 11 heteroatoms. The van der Waals surface area contributed by atoms with Gasteiger partial charge in [-0.25, -0.2) is 4.79 Å². The molecular weight excluding hydrogens is 530 g/mol. The first kappa shape index (κ1) is 29.4. The summed E-state index contributed by atoms with van der Waals surface area (Å²) in [4.78, 5) is 46.9. The highest BCUT2D eigenvalue weighted by Crippen LogP contribution is 2.28. The highest BCUT2D eigenvalue weighted by molar-refractivity contribution is 7.80. The van der Waals surface area contributed by atoms with Crippen LogP contribution in [0.2, 0.25) is 0 Å². The summed E-state index contributed by atoms with van der Waals surface area (Å²) in [5, 5.41) is 3.24. The second-order valence-electron chi connectivity index (χ2n) is 9.79. The number of nitrogens with zero attached hydrogens (tertiary/aromatic N) is 4. The summed E-state index contributed by atoms with van der Waals surface area (Å²) in [7, 11) is 2.11. The second-order valence-corrected chi connectivity index (χ2v) is 10.2. The fourth-order valence-corrected chi connectivity index (χ4v) is 5.21. The lowest BCUT2D eigenvalue weighted by atomic mass is 10.1. The Labute approximate surface area is 240 Å². The maximum absolute atomic E-state index is 13.7. The molecule has 2 aromatic rings. The topological polar surface area (TPSA) is 94.7 Å². The molecule has 2 amide bonds. The normalized spacial score (nSPS) is 18.2. The molecule has 1 atom stereocenters. The Bertz CT molecular complexity index is 1200. The van der Waals surface area contributed by atoms with Gasteiger partial charge in [-0.2, -0.15) is 0 Å². The molecule has 2 aromatic carbocycles. The van der Waals surface area contributed by atoms with Gasteiger partial charge in [0, 0.05) is 45.0 Å². The van der Waals surface area contributed by atoms with E-state index in [0.29, 0.717) is 35.2 Å². The van der Waals surface area contributed by atoms with E-state index in [9.17, 15) is 14.4 Å². The summed E-state index contributed by atoms with van der Waals surface area (Å²) in [6.45, 7) is 9.58. The molecule has 2 saturated heterocycles. The summed E-state index contributed by atoms with van der Waals surface area (Å²) in [6, 6.07) is 13.0. The molecule has 2 aliphatic heterocycles. The van der Waals surface area contributed by atoms with Gasteiger partial charge in [0.1, 0.15) is 11.8 Å². The quantitative estimate of drug-likeness (QED) is 0.325. The van der Waals surface area contributed by atoms with E-state index >= 15 is 0 Å². The number of benzene rings is 2. The lowest BCUT2D eigenvalue weighted by Crippen LogP contribution is -2.48. The molecule has 0 aliphatic carbocycles. The van der Waals surface area contributed by atoms with Crippen molar-refractivity contribution in [2.24, 2.45) is 0 Å². The number of likely N-dealkylation sites (N-methyl/N-ethyl adjacent to an activating group) is 1. The van der Waals surface area contributed by atoms with Crippen molar-refractivity contribution in [2.45, 2.75) is 26.3 Å². The average Bonchev–Trinajstić information content (AvgIpc) is 3.17. The first-order chi connectivity index (χ1) is 19.3. The molecule has 0 bridgehead atoms. The second kappa shape index (κ2) is 13.7. The van der Waals surface area contributed by atoms with E-state index in [1.54, 1.807) is 55.5 Å². The number of hydrogen-bond donors (Lipinski definition) is 1. The Kier molecular flexibility index (Phi) is 10.1. The van der Waals surface area contributed by atoms with Gasteiger partial charge in [0.05, 0.1) is 30.9 Å². The van der Waals surface area contributed by atoms with E-state index in [1.165, 1.54) is 4.90 Å². The maximum Gasteiger partial charge on any atom is 0.338 e. The van der Waals surface area contributed by atoms with Gasteiger partial charge in [-0.3, -0.25) is 19.4 Å². The van der Waals surface area contributed by atoms with E-state index < -0.39 is 12.0 Å². The van der Waals surface area contributed by atoms with Crippen LogP contribution < -0.4 is 15.0 Å². The Hall–Kier alpha value is -3.54. The van der Waals surface area contributed by atoms with Crippen molar-refractivity contribution >= 4 is 46.5 Å². The SMILES string of the molecule is CCOC(=O)c1ccc(N2C(=O)[C@@H](CC(=O)Nc3ccc(OCC)cc3)N(CCN3CCN(C)CC3)C2=S)cc1. The highest BCUT2D eigenvalue weighted by Gasteiger charge is 2.44. The number of thiocarbonyl (C=S) groups is 1. The number of hydrogen-bond acceptors (Lipinski definition) is 8. The summed E-state index contributed by atoms with van der Waals surface area (Å²) >= 11 is 5.80. The number of anilines is 2. The summed E-state index contributed by atoms with van der Waals surface area (Å²) < 4.78 is 10.5. The third kappa shape index (κ3) is 7.15. The van der Waals surface area contributed by atoms with Gasteiger partial charge < -0.3 is 24.6 Å². The Morgan fingerprint density at radius 3 is 2.25 bits per heavy atom. The van der Waals surface area contributed by atoms with E-state index in [-0.39, 0.29) is 24.8 Å². The fraction of sp³-hybridized carbons (Fsp3) is 0.448. The third-order valence-electron chi connectivity index (χ3n) is 7.04. The first-order valence-electron chi connectivity index (χ1n) is 13.7. The molecular formula is C29H37N5O5S. The fourth-order valence-electron chi connectivity index (χ4n) is 4.80. The molecule has 0 saturated carbocycles. The molecule has 4 rings (SSSR count). The van der Waals surface area contributed by atoms with Gasteiger partial charge >= 0.3 is 5.97 Å². The number of esters is 1. The number of amides is 2. The van der Waals surface area contributed by atoms with Crippen molar-refractivity contribution in [1.82, 2.24) is 14.7 Å². The maximum atomic E-state index is 13.7. The minimum absolute atomic E-state index is 0.0493. The predicted octanol–water partition coefficient (Wildman–Crippen LogP) is 2.84. The van der Waals surface area contributed by atoms with Crippen LogP contribution in [-0.2, 0) is 14.3 Å². The van der Waals surface area contributed by atoms with Crippen LogP contribution >= 0.6 is 12.2 Å². The molecule has 10 nitrogen and oxygen atoms in total. The predicted molar refractivity (Wildman–Crippen MR) is 158 cm³/mol. The van der Waals surface area contributed by atoms with Crippen molar-refractivity contribution in [3.63, 3.8) is 0 Å². The number of piperazine rings is 1. The van der Waals surface area contributed by atoms with Crippen molar-refractivity contribution in [3.8, 4) is 5.75 Å². The minimum atomic E-state index is -0.743. The van der Waals surface area contributed by atoms with Crippen LogP contribution in [0.1, 0.15) is 30.6 Å². The van der Waals surface area contributed by atoms with Crippen LogP contribution in [0.5, 0.6) is 5.75 Å². The molecule has 0 unspecified atom stereocenters. The molecule has 0 aromatic heterocycles. The Morgan fingerprint density at radius 2 is 1.62 bits per heavy atom. The number of rotatable bonds is 11. The van der Waals surface area contributed by atoms with Gasteiger partial charge in [0.2, 0.25) is 5.91 Å². The largest absolute Gasteiger partial charge is 0.494 e. The van der Waals surface area contributed by atoms with Gasteiger partial charge in [0.15, 0.2) is 5.11 Å². The molecule has 214 valence electrons. The zero-order valence-electron chi connectivity index (χ0n) is 23.3. The summed E-state index contributed by atoms with van der Waals surface area (Å²) in [5.41, 5.74) is 1.56. The van der Waals surface area contributed by atoms with Crippen LogP contribution in [-0.4, -0.2) is 103 Å². The molecule has 2 aliphatic rings. The smallest absolute Gasteiger partial charge is 0.338 e. The van der Waals surface area contributed by atoms with Crippen molar-refractivity contribution in [2.75, 3.05) is 69.7 Å². The van der Waals surface area contributed by atoms with E-state index in [4.69, 9.17) is 21.7 Å². The highest BCUT2D eigenvalue weighted by atomic mass is 32.1. The Balaban J connectivity index is 1.50. The third-order valence-corrected chi connectivity index (χ3v) is 7.45. The number of ether oxygens (including phenoxy) is 2. The van der Waals surface area contributed by atoms with Crippen LogP contribution in [0.3, 0.4) is 0 Å². The van der Waals surface area contributed by atoms with E-state index in [0.717, 1.165) is 38.5 Å². The molecule has 2 heterocycles. The zero-order valence-corrected chi connectivity index (χ0v) is 24.1. The van der Waals surface area contributed by atoms with Gasteiger partial charge in [-0.1, -0.05) is 0 Å². The van der Waals surface area contributed by atoms with Gasteiger partial charge in [-0.05, 0) is 81.6 Å². The van der Waals surface area contributed by atoms with Crippen molar-refractivity contribution < 1.29 is 23.9 Å². The molecule has 1 N–H and O–H groups in total. The first-order valence-corrected chi connectivity index (χ1v) is 14.1. The van der Waals surface area contributed by atoms with E-state index in [2.05, 4.69) is 22.2 Å². The van der Waals surface area contributed by atoms with Gasteiger partial charge in [0.25, 0.3) is 5.91 Å². The van der Waals surface area contributed by atoms with Crippen molar-refractivity contribution in [1.29, 1.82) is 0 Å². The monoisotopic (exact) mass is 567 g/mol. The lowest BCUT2D eigenvalue weighted by molar-refractivity contribution is -0.124. The summed E-state index contributed by atoms with van der Waals surface area (Å²) in [5.74, 6) is -0.262. The van der Waals surface area contributed by atoms with Gasteiger partial charge in [-0.15, -0.1) is 0 Å². The van der Waals surface area contributed by atoms with Crippen LogP contribution in [0, 0.1) is 0 Å². The Morgan fingerprint density at radius 1 is 0.950 bits per heavy atom. The zero-order chi connectivity index (χ0) is 28.6. The van der Waals surface area contributed by atoms with E-state index in [1.807, 2.05) is 11.8 Å².